The van der Waals surface area contributed by atoms with Crippen molar-refractivity contribution < 1.29 is 4.52 Å². The molecule has 0 saturated heterocycles. The number of aromatic nitrogens is 2. The lowest BCUT2D eigenvalue weighted by molar-refractivity contribution is 0.432. The van der Waals surface area contributed by atoms with Gasteiger partial charge in [-0.25, -0.2) is 0 Å². The van der Waals surface area contributed by atoms with Crippen LogP contribution in [0.15, 0.2) is 38.6 Å². The molecule has 0 amide bonds. The van der Waals surface area contributed by atoms with Crippen LogP contribution in [0.3, 0.4) is 0 Å². The first-order valence-electron chi connectivity index (χ1n) is 5.78. The summed E-state index contributed by atoms with van der Waals surface area (Å²) in [7, 11) is 0. The van der Waals surface area contributed by atoms with Gasteiger partial charge in [0.25, 0.3) is 5.89 Å². The van der Waals surface area contributed by atoms with E-state index in [0.29, 0.717) is 17.3 Å². The maximum Gasteiger partial charge on any atom is 0.258 e. The SMILES string of the molecule is Cc1cc(C#N)ccc1-c1nc(-c2ccc(Br)s2)no1. The quantitative estimate of drug-likeness (QED) is 0.690. The molecule has 3 aromatic rings. The average molecular weight is 346 g/mol. The summed E-state index contributed by atoms with van der Waals surface area (Å²) in [6, 6.07) is 11.4. The summed E-state index contributed by atoms with van der Waals surface area (Å²) in [6.07, 6.45) is 0. The molecule has 0 unspecified atom stereocenters. The fourth-order valence-corrected chi connectivity index (χ4v) is 3.15. The number of halogens is 1. The molecule has 3 rings (SSSR count). The van der Waals surface area contributed by atoms with Crippen LogP contribution in [0.25, 0.3) is 22.2 Å². The molecule has 0 N–H and O–H groups in total. The number of rotatable bonds is 2. The largest absolute Gasteiger partial charge is 0.334 e. The molecule has 2 heterocycles. The van der Waals surface area contributed by atoms with Gasteiger partial charge in [-0.05, 0) is 58.7 Å². The molecule has 0 aliphatic rings. The van der Waals surface area contributed by atoms with E-state index >= 15 is 0 Å². The Kier molecular flexibility index (Phi) is 3.38. The highest BCUT2D eigenvalue weighted by molar-refractivity contribution is 9.11. The molecule has 0 spiro atoms. The number of aryl methyl sites for hydroxylation is 1. The second-order valence-corrected chi connectivity index (χ2v) is 6.63. The Morgan fingerprint density at radius 2 is 2.15 bits per heavy atom. The zero-order chi connectivity index (χ0) is 14.1. The van der Waals surface area contributed by atoms with Gasteiger partial charge in [0.2, 0.25) is 5.82 Å². The minimum atomic E-state index is 0.464. The number of thiophene rings is 1. The van der Waals surface area contributed by atoms with Crippen LogP contribution < -0.4 is 0 Å². The monoisotopic (exact) mass is 345 g/mol. The van der Waals surface area contributed by atoms with E-state index in [1.165, 1.54) is 0 Å². The van der Waals surface area contributed by atoms with Crippen molar-refractivity contribution in [2.45, 2.75) is 6.92 Å². The maximum absolute atomic E-state index is 8.87. The first-order valence-corrected chi connectivity index (χ1v) is 7.39. The summed E-state index contributed by atoms with van der Waals surface area (Å²) in [5, 5.41) is 12.9. The Morgan fingerprint density at radius 3 is 2.80 bits per heavy atom. The van der Waals surface area contributed by atoms with Gasteiger partial charge in [0, 0.05) is 5.56 Å². The van der Waals surface area contributed by atoms with Gasteiger partial charge >= 0.3 is 0 Å². The highest BCUT2D eigenvalue weighted by Gasteiger charge is 2.14. The first kappa shape index (κ1) is 13.0. The molecule has 0 aliphatic carbocycles. The van der Waals surface area contributed by atoms with E-state index in [0.717, 1.165) is 19.8 Å². The molecule has 0 aliphatic heterocycles. The Hall–Kier alpha value is -1.97. The number of hydrogen-bond acceptors (Lipinski definition) is 5. The van der Waals surface area contributed by atoms with Crippen LogP contribution in [0.4, 0.5) is 0 Å². The molecule has 20 heavy (non-hydrogen) atoms. The van der Waals surface area contributed by atoms with Gasteiger partial charge in [-0.15, -0.1) is 11.3 Å². The third kappa shape index (κ3) is 2.38. The van der Waals surface area contributed by atoms with Crippen LogP contribution >= 0.6 is 27.3 Å². The van der Waals surface area contributed by atoms with Gasteiger partial charge in [0.15, 0.2) is 0 Å². The molecule has 0 radical (unpaired) electrons. The zero-order valence-electron chi connectivity index (χ0n) is 10.4. The standard InChI is InChI=1S/C14H8BrN3OS/c1-8-6-9(7-16)2-3-10(8)14-17-13(18-19-14)11-4-5-12(15)20-11/h2-6H,1H3. The molecule has 1 aromatic carbocycles. The number of hydrogen-bond donors (Lipinski definition) is 0. The molecule has 4 nitrogen and oxygen atoms in total. The molecule has 0 atom stereocenters. The third-order valence-electron chi connectivity index (χ3n) is 2.81. The molecule has 0 saturated carbocycles. The van der Waals surface area contributed by atoms with Gasteiger partial charge in [-0.3, -0.25) is 0 Å². The fourth-order valence-electron chi connectivity index (χ4n) is 1.84. The van der Waals surface area contributed by atoms with E-state index in [1.54, 1.807) is 23.5 Å². The second-order valence-electron chi connectivity index (χ2n) is 4.17. The van der Waals surface area contributed by atoms with Crippen molar-refractivity contribution in [2.24, 2.45) is 0 Å². The van der Waals surface area contributed by atoms with Crippen LogP contribution in [-0.4, -0.2) is 10.1 Å². The Morgan fingerprint density at radius 1 is 1.30 bits per heavy atom. The van der Waals surface area contributed by atoms with E-state index in [4.69, 9.17) is 9.78 Å². The highest BCUT2D eigenvalue weighted by atomic mass is 79.9. The number of nitrogens with zero attached hydrogens (tertiary/aromatic N) is 3. The Balaban J connectivity index is 2.00. The third-order valence-corrected chi connectivity index (χ3v) is 4.43. The van der Waals surface area contributed by atoms with Crippen LogP contribution in [-0.2, 0) is 0 Å². The van der Waals surface area contributed by atoms with Crippen LogP contribution in [0.5, 0.6) is 0 Å². The smallest absolute Gasteiger partial charge is 0.258 e. The van der Waals surface area contributed by atoms with Gasteiger partial charge in [0.1, 0.15) is 0 Å². The molecular weight excluding hydrogens is 338 g/mol. The highest BCUT2D eigenvalue weighted by Crippen LogP contribution is 2.31. The minimum absolute atomic E-state index is 0.464. The average Bonchev–Trinajstić information content (AvgIpc) is 3.07. The van der Waals surface area contributed by atoms with Crippen LogP contribution in [0, 0.1) is 18.3 Å². The second kappa shape index (κ2) is 5.19. The van der Waals surface area contributed by atoms with Crippen molar-refractivity contribution in [3.8, 4) is 28.2 Å². The Bertz CT molecular complexity index is 816. The van der Waals surface area contributed by atoms with Crippen LogP contribution in [0.2, 0.25) is 0 Å². The van der Waals surface area contributed by atoms with Crippen molar-refractivity contribution >= 4 is 27.3 Å². The summed E-state index contributed by atoms with van der Waals surface area (Å²) in [6.45, 7) is 1.92. The Labute approximate surface area is 127 Å². The lowest BCUT2D eigenvalue weighted by atomic mass is 10.1. The van der Waals surface area contributed by atoms with E-state index in [1.807, 2.05) is 25.1 Å². The van der Waals surface area contributed by atoms with E-state index < -0.39 is 0 Å². The lowest BCUT2D eigenvalue weighted by Gasteiger charge is -1.99. The first-order chi connectivity index (χ1) is 9.67. The summed E-state index contributed by atoms with van der Waals surface area (Å²) in [5.41, 5.74) is 2.40. The van der Waals surface area contributed by atoms with Crippen molar-refractivity contribution in [1.29, 1.82) is 5.26 Å². The number of nitriles is 1. The van der Waals surface area contributed by atoms with Gasteiger partial charge in [-0.2, -0.15) is 10.2 Å². The van der Waals surface area contributed by atoms with Gasteiger partial charge in [0.05, 0.1) is 20.3 Å². The maximum atomic E-state index is 8.87. The molecule has 0 fully saturated rings. The predicted octanol–water partition coefficient (Wildman–Crippen LogP) is 4.41. The van der Waals surface area contributed by atoms with Crippen molar-refractivity contribution in [3.63, 3.8) is 0 Å². The normalized spacial score (nSPS) is 10.4. The molecule has 0 bridgehead atoms. The van der Waals surface area contributed by atoms with Gasteiger partial charge in [-0.1, -0.05) is 5.16 Å². The van der Waals surface area contributed by atoms with Crippen molar-refractivity contribution in [3.05, 3.63) is 45.2 Å². The molecule has 98 valence electrons. The van der Waals surface area contributed by atoms with E-state index in [2.05, 4.69) is 32.1 Å². The minimum Gasteiger partial charge on any atom is -0.334 e. The van der Waals surface area contributed by atoms with Crippen LogP contribution in [0.1, 0.15) is 11.1 Å². The van der Waals surface area contributed by atoms with Gasteiger partial charge < -0.3 is 4.52 Å². The van der Waals surface area contributed by atoms with E-state index in [9.17, 15) is 0 Å². The summed E-state index contributed by atoms with van der Waals surface area (Å²) < 4.78 is 6.34. The lowest BCUT2D eigenvalue weighted by Crippen LogP contribution is -1.85. The molecule has 6 heteroatoms. The fraction of sp³-hybridized carbons (Fsp3) is 0.0714. The molecular formula is C14H8BrN3OS. The van der Waals surface area contributed by atoms with Crippen molar-refractivity contribution in [2.75, 3.05) is 0 Å². The summed E-state index contributed by atoms with van der Waals surface area (Å²) in [5.74, 6) is 1.03. The predicted molar refractivity (Wildman–Crippen MR) is 80.2 cm³/mol. The van der Waals surface area contributed by atoms with Crippen molar-refractivity contribution in [1.82, 2.24) is 10.1 Å². The number of benzene rings is 1. The topological polar surface area (TPSA) is 62.7 Å². The summed E-state index contributed by atoms with van der Waals surface area (Å²) >= 11 is 4.96. The zero-order valence-corrected chi connectivity index (χ0v) is 12.8. The molecule has 2 aromatic heterocycles. The van der Waals surface area contributed by atoms with E-state index in [-0.39, 0.29) is 0 Å². The summed E-state index contributed by atoms with van der Waals surface area (Å²) in [4.78, 5) is 5.35.